The number of hydrogen-bond donors (Lipinski definition) is 2. The first kappa shape index (κ1) is 13.1. The highest BCUT2D eigenvalue weighted by Gasteiger charge is 2.19. The lowest BCUT2D eigenvalue weighted by molar-refractivity contribution is -0.125. The molecule has 0 aliphatic rings. The highest BCUT2D eigenvalue weighted by molar-refractivity contribution is 5.84. The number of nitrogens with two attached hydrogens (primary N) is 1. The van der Waals surface area contributed by atoms with E-state index in [2.05, 4.69) is 5.32 Å². The number of carbonyl (C=O) groups is 2. The third-order valence-electron chi connectivity index (χ3n) is 2.49. The molecule has 0 heterocycles. The normalized spacial score (nSPS) is 16.9. The highest BCUT2D eigenvalue weighted by Crippen LogP contribution is 2.05. The lowest BCUT2D eigenvalue weighted by Crippen LogP contribution is -2.48. The van der Waals surface area contributed by atoms with Crippen LogP contribution in [0.15, 0.2) is 0 Å². The zero-order valence-corrected chi connectivity index (χ0v) is 9.12. The van der Waals surface area contributed by atoms with E-state index < -0.39 is 12.1 Å². The molecule has 0 aromatic heterocycles. The number of rotatable bonds is 6. The van der Waals surface area contributed by atoms with Crippen LogP contribution in [0.25, 0.3) is 0 Å². The molecule has 82 valence electrons. The van der Waals surface area contributed by atoms with Gasteiger partial charge in [-0.2, -0.15) is 0 Å². The van der Waals surface area contributed by atoms with E-state index in [4.69, 9.17) is 5.73 Å². The zero-order valence-electron chi connectivity index (χ0n) is 9.12. The Hall–Kier alpha value is -0.900. The molecule has 0 saturated heterocycles. The molecule has 0 aromatic rings. The van der Waals surface area contributed by atoms with Crippen molar-refractivity contribution < 1.29 is 9.59 Å². The summed E-state index contributed by atoms with van der Waals surface area (Å²) in [6.45, 7) is 5.74. The maximum Gasteiger partial charge on any atom is 0.237 e. The van der Waals surface area contributed by atoms with Gasteiger partial charge in [-0.25, -0.2) is 0 Å². The monoisotopic (exact) mass is 200 g/mol. The Kier molecular flexibility index (Phi) is 6.12. The molecule has 4 nitrogen and oxygen atoms in total. The molecule has 0 aromatic carbocycles. The van der Waals surface area contributed by atoms with Crippen molar-refractivity contribution in [2.45, 2.75) is 45.7 Å². The van der Waals surface area contributed by atoms with Gasteiger partial charge in [-0.15, -0.1) is 0 Å². The third kappa shape index (κ3) is 3.87. The second-order valence-corrected chi connectivity index (χ2v) is 3.57. The first-order chi connectivity index (χ1) is 6.56. The van der Waals surface area contributed by atoms with E-state index in [0.29, 0.717) is 6.42 Å². The van der Waals surface area contributed by atoms with Crippen LogP contribution in [0.2, 0.25) is 0 Å². The van der Waals surface area contributed by atoms with E-state index in [1.807, 2.05) is 20.8 Å². The van der Waals surface area contributed by atoms with E-state index in [0.717, 1.165) is 12.7 Å². The van der Waals surface area contributed by atoms with Crippen LogP contribution >= 0.6 is 0 Å². The Bertz CT molecular complexity index is 195. The molecular weight excluding hydrogens is 180 g/mol. The molecule has 0 radical (unpaired) electrons. The first-order valence-corrected chi connectivity index (χ1v) is 5.08. The predicted octanol–water partition coefficient (Wildman–Crippen LogP) is 0.453. The maximum absolute atomic E-state index is 11.4. The smallest absolute Gasteiger partial charge is 0.237 e. The fourth-order valence-corrected chi connectivity index (χ4v) is 1.02. The second-order valence-electron chi connectivity index (χ2n) is 3.57. The summed E-state index contributed by atoms with van der Waals surface area (Å²) in [5.74, 6) is -0.0922. The summed E-state index contributed by atoms with van der Waals surface area (Å²) in [4.78, 5) is 22.1. The summed E-state index contributed by atoms with van der Waals surface area (Å²) < 4.78 is 0. The molecule has 0 aliphatic carbocycles. The largest absolute Gasteiger partial charge is 0.345 e. The minimum atomic E-state index is -0.512. The summed E-state index contributed by atoms with van der Waals surface area (Å²) in [6, 6.07) is -0.924. The van der Waals surface area contributed by atoms with Crippen LogP contribution in [-0.4, -0.2) is 24.3 Å². The van der Waals surface area contributed by atoms with Crippen LogP contribution in [0.3, 0.4) is 0 Å². The number of carbonyl (C=O) groups excluding carboxylic acids is 2. The van der Waals surface area contributed by atoms with Gasteiger partial charge in [0.25, 0.3) is 0 Å². The number of amides is 1. The average molecular weight is 200 g/mol. The van der Waals surface area contributed by atoms with Crippen molar-refractivity contribution in [1.29, 1.82) is 0 Å². The van der Waals surface area contributed by atoms with Gasteiger partial charge in [0.15, 0.2) is 0 Å². The Morgan fingerprint density at radius 2 is 2.00 bits per heavy atom. The fraction of sp³-hybridized carbons (Fsp3) is 0.800. The van der Waals surface area contributed by atoms with Gasteiger partial charge >= 0.3 is 0 Å². The van der Waals surface area contributed by atoms with Crippen LogP contribution in [0.5, 0.6) is 0 Å². The van der Waals surface area contributed by atoms with E-state index in [9.17, 15) is 9.59 Å². The van der Waals surface area contributed by atoms with Gasteiger partial charge in [0.05, 0.1) is 12.1 Å². The molecule has 0 rings (SSSR count). The summed E-state index contributed by atoms with van der Waals surface area (Å²) in [5.41, 5.74) is 5.53. The van der Waals surface area contributed by atoms with E-state index in [1.165, 1.54) is 0 Å². The quantitative estimate of drug-likeness (QED) is 0.612. The minimum Gasteiger partial charge on any atom is -0.345 e. The third-order valence-corrected chi connectivity index (χ3v) is 2.49. The minimum absolute atomic E-state index is 0.153. The summed E-state index contributed by atoms with van der Waals surface area (Å²) in [7, 11) is 0. The van der Waals surface area contributed by atoms with Gasteiger partial charge in [0.2, 0.25) is 5.91 Å². The van der Waals surface area contributed by atoms with Gasteiger partial charge in [0.1, 0.15) is 6.29 Å². The molecule has 0 spiro atoms. The average Bonchev–Trinajstić information content (AvgIpc) is 2.22. The molecule has 3 atom stereocenters. The van der Waals surface area contributed by atoms with Crippen molar-refractivity contribution in [3.63, 3.8) is 0 Å². The molecule has 1 amide bonds. The van der Waals surface area contributed by atoms with Crippen molar-refractivity contribution >= 4 is 12.2 Å². The van der Waals surface area contributed by atoms with E-state index >= 15 is 0 Å². The van der Waals surface area contributed by atoms with Gasteiger partial charge in [-0.3, -0.25) is 4.79 Å². The maximum atomic E-state index is 11.4. The summed E-state index contributed by atoms with van der Waals surface area (Å²) >= 11 is 0. The second kappa shape index (κ2) is 6.54. The van der Waals surface area contributed by atoms with Gasteiger partial charge < -0.3 is 15.8 Å². The summed E-state index contributed by atoms with van der Waals surface area (Å²) in [6.07, 6.45) is 2.21. The first-order valence-electron chi connectivity index (χ1n) is 5.08. The molecule has 0 saturated carbocycles. The molecular formula is C10H20N2O2. The van der Waals surface area contributed by atoms with Crippen LogP contribution in [0, 0.1) is 5.92 Å². The number of hydrogen-bond acceptors (Lipinski definition) is 3. The van der Waals surface area contributed by atoms with Crippen molar-refractivity contribution in [2.75, 3.05) is 0 Å². The molecule has 0 bridgehead atoms. The van der Waals surface area contributed by atoms with Crippen molar-refractivity contribution in [1.82, 2.24) is 5.32 Å². The van der Waals surface area contributed by atoms with Gasteiger partial charge in [-0.1, -0.05) is 27.2 Å². The fourth-order valence-electron chi connectivity index (χ4n) is 1.02. The Morgan fingerprint density at radius 1 is 1.43 bits per heavy atom. The Labute approximate surface area is 85.2 Å². The van der Waals surface area contributed by atoms with Gasteiger partial charge in [-0.05, 0) is 12.3 Å². The van der Waals surface area contributed by atoms with Crippen LogP contribution in [-0.2, 0) is 9.59 Å². The van der Waals surface area contributed by atoms with E-state index in [-0.39, 0.29) is 11.8 Å². The molecule has 0 fully saturated rings. The van der Waals surface area contributed by atoms with Crippen molar-refractivity contribution in [3.8, 4) is 0 Å². The lowest BCUT2D eigenvalue weighted by atomic mass is 10.00. The standard InChI is InChI=1S/C10H20N2O2/c1-4-7(3)9(6-13)12-10(14)8(11)5-2/h6-9H,4-5,11H2,1-3H3,(H,12,14)/t7-,8-,9+/m0/s1. The van der Waals surface area contributed by atoms with Gasteiger partial charge in [0, 0.05) is 0 Å². The predicted molar refractivity (Wildman–Crippen MR) is 55.7 cm³/mol. The summed E-state index contributed by atoms with van der Waals surface area (Å²) in [5, 5.41) is 2.64. The zero-order chi connectivity index (χ0) is 11.1. The topological polar surface area (TPSA) is 72.2 Å². The molecule has 3 N–H and O–H groups in total. The van der Waals surface area contributed by atoms with E-state index in [1.54, 1.807) is 0 Å². The molecule has 14 heavy (non-hydrogen) atoms. The SMILES string of the molecule is CC[C@H](N)C(=O)N[C@H](C=O)[C@@H](C)CC. The van der Waals surface area contributed by atoms with Crippen molar-refractivity contribution in [2.24, 2.45) is 11.7 Å². The van der Waals surface area contributed by atoms with Crippen LogP contribution < -0.4 is 11.1 Å². The number of nitrogens with one attached hydrogen (secondary N) is 1. The molecule has 0 unspecified atom stereocenters. The molecule has 0 aliphatic heterocycles. The van der Waals surface area contributed by atoms with Crippen molar-refractivity contribution in [3.05, 3.63) is 0 Å². The number of aldehydes is 1. The Balaban J connectivity index is 4.18. The molecule has 4 heteroatoms. The van der Waals surface area contributed by atoms with Crippen LogP contribution in [0.1, 0.15) is 33.6 Å². The van der Waals surface area contributed by atoms with Crippen LogP contribution in [0.4, 0.5) is 0 Å². The Morgan fingerprint density at radius 3 is 2.36 bits per heavy atom. The lowest BCUT2D eigenvalue weighted by Gasteiger charge is -2.20. The highest BCUT2D eigenvalue weighted by atomic mass is 16.2.